The molecule has 0 bridgehead atoms. The number of rotatable bonds is 1. The van der Waals surface area contributed by atoms with Crippen molar-refractivity contribution in [3.05, 3.63) is 0 Å². The molecule has 6 nitrogen and oxygen atoms in total. The standard InChI is InChI=1S/C12H20N2O4S/c15-19(16)11-4-2-1-3-10(11)18-12(14-19)13-9-5-7-17-8-6-9/h9-11H,1-8H2,(H,13,14)/t10-,11+/m0/s1. The molecule has 1 aliphatic carbocycles. The normalized spacial score (nSPS) is 37.2. The Kier molecular flexibility index (Phi) is 3.66. The molecule has 3 aliphatic rings. The van der Waals surface area contributed by atoms with Crippen molar-refractivity contribution in [1.82, 2.24) is 4.72 Å². The predicted molar refractivity (Wildman–Crippen MR) is 70.5 cm³/mol. The number of fused-ring (bicyclic) bond motifs is 1. The monoisotopic (exact) mass is 288 g/mol. The second-order valence-electron chi connectivity index (χ2n) is 5.40. The molecule has 2 heterocycles. The van der Waals surface area contributed by atoms with Crippen molar-refractivity contribution in [3.63, 3.8) is 0 Å². The first-order chi connectivity index (χ1) is 9.15. The molecule has 0 aromatic heterocycles. The molecule has 0 radical (unpaired) electrons. The van der Waals surface area contributed by atoms with Crippen LogP contribution in [0.3, 0.4) is 0 Å². The van der Waals surface area contributed by atoms with E-state index in [1.807, 2.05) is 0 Å². The molecule has 0 amide bonds. The lowest BCUT2D eigenvalue weighted by molar-refractivity contribution is 0.0844. The average molecular weight is 288 g/mol. The highest BCUT2D eigenvalue weighted by atomic mass is 32.2. The lowest BCUT2D eigenvalue weighted by atomic mass is 9.97. The quantitative estimate of drug-likeness (QED) is 0.773. The van der Waals surface area contributed by atoms with Crippen molar-refractivity contribution in [2.45, 2.75) is 55.9 Å². The Morgan fingerprint density at radius 2 is 1.84 bits per heavy atom. The van der Waals surface area contributed by atoms with Crippen molar-refractivity contribution in [1.29, 1.82) is 0 Å². The van der Waals surface area contributed by atoms with Gasteiger partial charge in [-0.1, -0.05) is 6.42 Å². The van der Waals surface area contributed by atoms with Crippen molar-refractivity contribution < 1.29 is 17.9 Å². The third-order valence-corrected chi connectivity index (χ3v) is 5.82. The van der Waals surface area contributed by atoms with Gasteiger partial charge >= 0.3 is 0 Å². The van der Waals surface area contributed by atoms with Gasteiger partial charge in [-0.2, -0.15) is 0 Å². The molecule has 0 unspecified atom stereocenters. The number of hydrogen-bond donors (Lipinski definition) is 1. The smallest absolute Gasteiger partial charge is 0.299 e. The topological polar surface area (TPSA) is 77.0 Å². The first kappa shape index (κ1) is 13.2. The molecule has 1 saturated carbocycles. The summed E-state index contributed by atoms with van der Waals surface area (Å²) < 4.78 is 37.9. The van der Waals surface area contributed by atoms with Crippen LogP contribution in [0.2, 0.25) is 0 Å². The Morgan fingerprint density at radius 3 is 2.63 bits per heavy atom. The van der Waals surface area contributed by atoms with Crippen molar-refractivity contribution in [3.8, 4) is 0 Å². The molecule has 3 fully saturated rings. The van der Waals surface area contributed by atoms with Crippen molar-refractivity contribution in [2.24, 2.45) is 4.99 Å². The molecule has 2 aliphatic heterocycles. The number of nitrogens with one attached hydrogen (secondary N) is 1. The predicted octanol–water partition coefficient (Wildman–Crippen LogP) is 0.782. The zero-order valence-electron chi connectivity index (χ0n) is 10.9. The number of aliphatic imine (C=N–C) groups is 1. The zero-order chi connectivity index (χ0) is 13.3. The van der Waals surface area contributed by atoms with Gasteiger partial charge in [-0.15, -0.1) is 0 Å². The van der Waals surface area contributed by atoms with E-state index in [1.54, 1.807) is 0 Å². The highest BCUT2D eigenvalue weighted by molar-refractivity contribution is 7.90. The van der Waals surface area contributed by atoms with E-state index in [0.29, 0.717) is 19.6 Å². The van der Waals surface area contributed by atoms with E-state index >= 15 is 0 Å². The van der Waals surface area contributed by atoms with Gasteiger partial charge in [0.1, 0.15) is 11.4 Å². The molecule has 108 valence electrons. The maximum atomic E-state index is 12.2. The second kappa shape index (κ2) is 5.28. The molecule has 19 heavy (non-hydrogen) atoms. The minimum atomic E-state index is -3.32. The molecular formula is C12H20N2O4S. The van der Waals surface area contributed by atoms with Gasteiger partial charge < -0.3 is 9.47 Å². The number of ether oxygens (including phenoxy) is 2. The fraction of sp³-hybridized carbons (Fsp3) is 0.917. The first-order valence-electron chi connectivity index (χ1n) is 6.99. The number of amidine groups is 1. The molecule has 1 N–H and O–H groups in total. The van der Waals surface area contributed by atoms with E-state index in [0.717, 1.165) is 32.1 Å². The van der Waals surface area contributed by atoms with Gasteiger partial charge in [0.05, 0.1) is 6.04 Å². The summed E-state index contributed by atoms with van der Waals surface area (Å²) in [7, 11) is -3.32. The summed E-state index contributed by atoms with van der Waals surface area (Å²) in [5.41, 5.74) is 0. The van der Waals surface area contributed by atoms with Crippen LogP contribution in [0, 0.1) is 0 Å². The van der Waals surface area contributed by atoms with Gasteiger partial charge in [0.2, 0.25) is 10.0 Å². The van der Waals surface area contributed by atoms with Gasteiger partial charge in [-0.3, -0.25) is 0 Å². The molecule has 7 heteroatoms. The SMILES string of the molecule is O=S1(=O)NC(=NC2CCOCC2)O[C@H]2CCCC[C@H]21. The van der Waals surface area contributed by atoms with E-state index in [2.05, 4.69) is 9.71 Å². The zero-order valence-corrected chi connectivity index (χ0v) is 11.7. The Labute approximate surface area is 113 Å². The third kappa shape index (κ3) is 2.86. The molecule has 0 spiro atoms. The molecule has 0 aromatic carbocycles. The summed E-state index contributed by atoms with van der Waals surface area (Å²) in [4.78, 5) is 4.41. The van der Waals surface area contributed by atoms with Crippen molar-refractivity contribution in [2.75, 3.05) is 13.2 Å². The van der Waals surface area contributed by atoms with Gasteiger partial charge in [-0.05, 0) is 32.1 Å². The number of nitrogens with zero attached hydrogens (tertiary/aromatic N) is 1. The van der Waals surface area contributed by atoms with Crippen LogP contribution < -0.4 is 4.72 Å². The third-order valence-electron chi connectivity index (χ3n) is 4.02. The summed E-state index contributed by atoms with van der Waals surface area (Å²) in [5, 5.41) is -0.408. The Bertz CT molecular complexity index is 456. The molecule has 0 aromatic rings. The van der Waals surface area contributed by atoms with Crippen LogP contribution >= 0.6 is 0 Å². The van der Waals surface area contributed by atoms with Crippen LogP contribution in [-0.2, 0) is 19.5 Å². The molecule has 2 saturated heterocycles. The average Bonchev–Trinajstić information content (AvgIpc) is 2.39. The van der Waals surface area contributed by atoms with E-state index in [4.69, 9.17) is 9.47 Å². The van der Waals surface area contributed by atoms with Gasteiger partial charge in [-0.25, -0.2) is 18.1 Å². The van der Waals surface area contributed by atoms with Gasteiger partial charge in [0.25, 0.3) is 6.02 Å². The van der Waals surface area contributed by atoms with Crippen LogP contribution in [0.5, 0.6) is 0 Å². The lowest BCUT2D eigenvalue weighted by Crippen LogP contribution is -2.54. The van der Waals surface area contributed by atoms with Gasteiger partial charge in [0, 0.05) is 13.2 Å². The minimum absolute atomic E-state index is 0.103. The fourth-order valence-corrected chi connectivity index (χ4v) is 4.52. The number of sulfonamides is 1. The largest absolute Gasteiger partial charge is 0.460 e. The summed E-state index contributed by atoms with van der Waals surface area (Å²) in [6, 6.07) is 0.293. The maximum absolute atomic E-state index is 12.2. The highest BCUT2D eigenvalue weighted by Gasteiger charge is 2.42. The summed E-state index contributed by atoms with van der Waals surface area (Å²) in [6.07, 6.45) is 4.89. The van der Waals surface area contributed by atoms with Crippen LogP contribution in [0.1, 0.15) is 38.5 Å². The lowest BCUT2D eigenvalue weighted by Gasteiger charge is -2.36. The van der Waals surface area contributed by atoms with Gasteiger partial charge in [0.15, 0.2) is 0 Å². The van der Waals surface area contributed by atoms with E-state index in [9.17, 15) is 8.42 Å². The van der Waals surface area contributed by atoms with E-state index < -0.39 is 15.3 Å². The Hall–Kier alpha value is -0.820. The first-order valence-corrected chi connectivity index (χ1v) is 8.53. The molecular weight excluding hydrogens is 268 g/mol. The van der Waals surface area contributed by atoms with Crippen LogP contribution in [0.4, 0.5) is 0 Å². The highest BCUT2D eigenvalue weighted by Crippen LogP contribution is 2.29. The summed E-state index contributed by atoms with van der Waals surface area (Å²) in [5.74, 6) is 0. The van der Waals surface area contributed by atoms with E-state index in [1.165, 1.54) is 0 Å². The second-order valence-corrected chi connectivity index (χ2v) is 7.30. The fourth-order valence-electron chi connectivity index (χ4n) is 2.95. The van der Waals surface area contributed by atoms with Crippen LogP contribution in [0.25, 0.3) is 0 Å². The summed E-state index contributed by atoms with van der Waals surface area (Å²) in [6.45, 7) is 1.36. The Balaban J connectivity index is 1.75. The minimum Gasteiger partial charge on any atom is -0.460 e. The van der Waals surface area contributed by atoms with Crippen LogP contribution in [0.15, 0.2) is 4.99 Å². The maximum Gasteiger partial charge on any atom is 0.299 e. The van der Waals surface area contributed by atoms with Crippen molar-refractivity contribution >= 4 is 16.0 Å². The Morgan fingerprint density at radius 1 is 1.11 bits per heavy atom. The summed E-state index contributed by atoms with van der Waals surface area (Å²) >= 11 is 0. The molecule has 3 rings (SSSR count). The number of hydrogen-bond acceptors (Lipinski definition) is 5. The van der Waals surface area contributed by atoms with Crippen LogP contribution in [-0.4, -0.2) is 45.0 Å². The molecule has 2 atom stereocenters. The van der Waals surface area contributed by atoms with E-state index in [-0.39, 0.29) is 18.2 Å².